The summed E-state index contributed by atoms with van der Waals surface area (Å²) < 4.78 is 0. The zero-order valence-corrected chi connectivity index (χ0v) is 11.5. The standard InChI is InChI=1S/2C6H13.Al.H2.H/c2*1-4-5-6(2)3;;;/h2*6H,1,4-5H2,2-3H3;;1H;. The van der Waals surface area contributed by atoms with Gasteiger partial charge >= 0.3 is 0 Å². The molecule has 0 rings (SSSR count). The Bertz CT molecular complexity index is 90.5. The molecular formula is C12H29Al. The first-order chi connectivity index (χ1) is 6.13. The maximum atomic E-state index is 2.33. The fraction of sp³-hybridized carbons (Fsp3) is 1.00. The molecule has 0 aromatic heterocycles. The van der Waals surface area contributed by atoms with Gasteiger partial charge < -0.3 is 0 Å². The molecule has 0 radical (unpaired) electrons. The first-order valence-electron chi connectivity index (χ1n) is 6.13. The van der Waals surface area contributed by atoms with Crippen LogP contribution in [0.1, 0.15) is 54.8 Å². The molecule has 0 aromatic carbocycles. The maximum Gasteiger partial charge on any atom is 0.236 e. The van der Waals surface area contributed by atoms with E-state index in [0.29, 0.717) is 15.2 Å². The Morgan fingerprint density at radius 2 is 1.23 bits per heavy atom. The van der Waals surface area contributed by atoms with E-state index in [4.69, 9.17) is 0 Å². The van der Waals surface area contributed by atoms with E-state index in [-0.39, 0.29) is 1.43 Å². The van der Waals surface area contributed by atoms with Crippen molar-refractivity contribution in [2.75, 3.05) is 0 Å². The molecule has 0 saturated carbocycles. The molecule has 0 aliphatic heterocycles. The van der Waals surface area contributed by atoms with Crippen LogP contribution < -0.4 is 0 Å². The first kappa shape index (κ1) is 13.5. The average molecular weight is 200 g/mol. The minimum atomic E-state index is 0. The van der Waals surface area contributed by atoms with Gasteiger partial charge in [-0.2, -0.15) is 0 Å². The summed E-state index contributed by atoms with van der Waals surface area (Å²) >= 11 is 0.325. The van der Waals surface area contributed by atoms with Crippen LogP contribution in [0.5, 0.6) is 0 Å². The van der Waals surface area contributed by atoms with Gasteiger partial charge in [-0.25, -0.2) is 0 Å². The van der Waals surface area contributed by atoms with Crippen LogP contribution in [0.2, 0.25) is 10.6 Å². The monoisotopic (exact) mass is 200 g/mol. The van der Waals surface area contributed by atoms with Crippen molar-refractivity contribution in [3.05, 3.63) is 0 Å². The third kappa shape index (κ3) is 12.5. The quantitative estimate of drug-likeness (QED) is 0.403. The Hall–Kier alpha value is 0.532. The first-order valence-corrected chi connectivity index (χ1v) is 8.13. The lowest BCUT2D eigenvalue weighted by molar-refractivity contribution is 0.568. The van der Waals surface area contributed by atoms with Crippen LogP contribution in [-0.4, -0.2) is 15.2 Å². The Kier molecular flexibility index (Phi) is 9.47. The summed E-state index contributed by atoms with van der Waals surface area (Å²) in [7, 11) is 0. The zero-order valence-electron chi connectivity index (χ0n) is 10.1. The summed E-state index contributed by atoms with van der Waals surface area (Å²) in [6.45, 7) is 9.33. The summed E-state index contributed by atoms with van der Waals surface area (Å²) in [6.07, 6.45) is 5.92. The summed E-state index contributed by atoms with van der Waals surface area (Å²) in [5, 5.41) is 3.19. The number of hydrogen-bond donors (Lipinski definition) is 0. The van der Waals surface area contributed by atoms with Crippen molar-refractivity contribution in [1.82, 2.24) is 0 Å². The molecular weight excluding hydrogens is 171 g/mol. The van der Waals surface area contributed by atoms with E-state index in [1.807, 2.05) is 0 Å². The summed E-state index contributed by atoms with van der Waals surface area (Å²) in [5.41, 5.74) is 0. The fourth-order valence-electron chi connectivity index (χ4n) is 1.64. The van der Waals surface area contributed by atoms with Gasteiger partial charge in [-0.1, -0.05) is 63.9 Å². The van der Waals surface area contributed by atoms with Gasteiger partial charge in [0.2, 0.25) is 15.2 Å². The minimum Gasteiger partial charge on any atom is -0.0972 e. The predicted octanol–water partition coefficient (Wildman–Crippen LogP) is 4.38. The number of rotatable bonds is 8. The van der Waals surface area contributed by atoms with Gasteiger partial charge in [0.15, 0.2) is 0 Å². The smallest absolute Gasteiger partial charge is 0.0972 e. The average Bonchev–Trinajstić information content (AvgIpc) is 2.01. The molecule has 0 spiro atoms. The molecule has 0 saturated heterocycles. The zero-order chi connectivity index (χ0) is 10.1. The van der Waals surface area contributed by atoms with Gasteiger partial charge in [-0.05, 0) is 11.8 Å². The van der Waals surface area contributed by atoms with Crippen LogP contribution in [0.15, 0.2) is 0 Å². The summed E-state index contributed by atoms with van der Waals surface area (Å²) in [5.74, 6) is 1.84. The molecule has 1 heteroatoms. The van der Waals surface area contributed by atoms with Crippen LogP contribution in [0.4, 0.5) is 0 Å². The lowest BCUT2D eigenvalue weighted by atomic mass is 10.1. The van der Waals surface area contributed by atoms with Gasteiger partial charge in [0.25, 0.3) is 0 Å². The SMILES string of the molecule is CC(C)CC[CH2][AlH][CH2]CCC(C)C.[HH]. The van der Waals surface area contributed by atoms with Crippen LogP contribution in [0.3, 0.4) is 0 Å². The van der Waals surface area contributed by atoms with Crippen LogP contribution in [-0.2, 0) is 0 Å². The van der Waals surface area contributed by atoms with E-state index in [1.165, 1.54) is 25.7 Å². The van der Waals surface area contributed by atoms with Gasteiger partial charge in [0.05, 0.1) is 0 Å². The van der Waals surface area contributed by atoms with Crippen molar-refractivity contribution in [1.29, 1.82) is 0 Å². The maximum absolute atomic E-state index is 2.33. The Morgan fingerprint density at radius 3 is 1.54 bits per heavy atom. The lowest BCUT2D eigenvalue weighted by Crippen LogP contribution is -1.94. The highest BCUT2D eigenvalue weighted by atomic mass is 27.1. The molecule has 0 unspecified atom stereocenters. The van der Waals surface area contributed by atoms with Gasteiger partial charge in [0.1, 0.15) is 0 Å². The van der Waals surface area contributed by atoms with Crippen LogP contribution in [0, 0.1) is 11.8 Å². The largest absolute Gasteiger partial charge is 0.236 e. The third-order valence-corrected chi connectivity index (χ3v) is 4.56. The summed E-state index contributed by atoms with van der Waals surface area (Å²) in [4.78, 5) is 0. The number of hydrogen-bond acceptors (Lipinski definition) is 0. The van der Waals surface area contributed by atoms with Gasteiger partial charge in [0, 0.05) is 1.43 Å². The summed E-state index contributed by atoms with van der Waals surface area (Å²) in [6, 6.07) is 0. The second kappa shape index (κ2) is 9.10. The molecule has 80 valence electrons. The van der Waals surface area contributed by atoms with Gasteiger partial charge in [-0.3, -0.25) is 0 Å². The van der Waals surface area contributed by atoms with Gasteiger partial charge in [-0.15, -0.1) is 0 Å². The van der Waals surface area contributed by atoms with E-state index < -0.39 is 0 Å². The van der Waals surface area contributed by atoms with Crippen molar-refractivity contribution in [3.8, 4) is 0 Å². The normalized spacial score (nSPS) is 11.2. The molecule has 0 amide bonds. The van der Waals surface area contributed by atoms with E-state index in [2.05, 4.69) is 27.7 Å². The molecule has 0 aromatic rings. The van der Waals surface area contributed by atoms with Crippen molar-refractivity contribution in [2.24, 2.45) is 11.8 Å². The highest BCUT2D eigenvalue weighted by molar-refractivity contribution is 6.35. The lowest BCUT2D eigenvalue weighted by Gasteiger charge is -2.04. The van der Waals surface area contributed by atoms with E-state index in [1.54, 1.807) is 10.6 Å². The second-order valence-corrected chi connectivity index (χ2v) is 7.25. The Morgan fingerprint density at radius 1 is 0.846 bits per heavy atom. The molecule has 0 nitrogen and oxygen atoms in total. The molecule has 0 N–H and O–H groups in total. The van der Waals surface area contributed by atoms with Crippen LogP contribution in [0.25, 0.3) is 0 Å². The molecule has 0 bridgehead atoms. The van der Waals surface area contributed by atoms with E-state index >= 15 is 0 Å². The van der Waals surface area contributed by atoms with E-state index in [0.717, 1.165) is 11.8 Å². The van der Waals surface area contributed by atoms with Crippen molar-refractivity contribution < 1.29 is 1.43 Å². The van der Waals surface area contributed by atoms with Crippen LogP contribution >= 0.6 is 0 Å². The van der Waals surface area contributed by atoms with Crippen molar-refractivity contribution >= 4 is 15.2 Å². The molecule has 0 heterocycles. The van der Waals surface area contributed by atoms with E-state index in [9.17, 15) is 0 Å². The molecule has 13 heavy (non-hydrogen) atoms. The fourth-order valence-corrected chi connectivity index (χ4v) is 3.27. The third-order valence-electron chi connectivity index (χ3n) is 2.56. The highest BCUT2D eigenvalue weighted by Crippen LogP contribution is 2.10. The minimum absolute atomic E-state index is 0. The Labute approximate surface area is 92.7 Å². The van der Waals surface area contributed by atoms with Crippen molar-refractivity contribution in [2.45, 2.75) is 63.9 Å². The second-order valence-electron chi connectivity index (χ2n) is 5.13. The molecule has 0 aliphatic carbocycles. The predicted molar refractivity (Wildman–Crippen MR) is 67.0 cm³/mol. The van der Waals surface area contributed by atoms with Crippen molar-refractivity contribution in [3.63, 3.8) is 0 Å². The molecule has 0 aliphatic rings. The molecule has 0 fully saturated rings. The topological polar surface area (TPSA) is 0 Å². The molecule has 0 atom stereocenters. The Balaban J connectivity index is 0. The highest BCUT2D eigenvalue weighted by Gasteiger charge is 1.98.